The van der Waals surface area contributed by atoms with Crippen LogP contribution in [0.1, 0.15) is 59.3 Å². The van der Waals surface area contributed by atoms with Crippen molar-refractivity contribution in [1.29, 1.82) is 0 Å². The number of nitrogens with zero attached hydrogens (tertiary/aromatic N) is 1. The van der Waals surface area contributed by atoms with Gasteiger partial charge in [0.15, 0.2) is 5.17 Å². The lowest BCUT2D eigenvalue weighted by atomic mass is 9.82. The van der Waals surface area contributed by atoms with Gasteiger partial charge in [0.25, 0.3) is 0 Å². The lowest BCUT2D eigenvalue weighted by Crippen LogP contribution is -2.36. The van der Waals surface area contributed by atoms with Gasteiger partial charge >= 0.3 is 0 Å². The van der Waals surface area contributed by atoms with Crippen LogP contribution < -0.4 is 5.32 Å². The minimum atomic E-state index is 0.467. The zero-order chi connectivity index (χ0) is 13.7. The van der Waals surface area contributed by atoms with Gasteiger partial charge in [-0.3, -0.25) is 4.99 Å². The SMILES string of the molecule is CCC1(CC)CN=C(NCC2CCCC(C)C2)SC1. The fourth-order valence-corrected chi connectivity index (χ4v) is 4.60. The third-order valence-corrected chi connectivity index (χ3v) is 6.46. The first-order valence-electron chi connectivity index (χ1n) is 8.08. The van der Waals surface area contributed by atoms with Crippen LogP contribution in [0.2, 0.25) is 0 Å². The fraction of sp³-hybridized carbons (Fsp3) is 0.938. The van der Waals surface area contributed by atoms with E-state index in [-0.39, 0.29) is 0 Å². The maximum atomic E-state index is 4.80. The molecule has 0 saturated heterocycles. The molecule has 2 nitrogen and oxygen atoms in total. The molecule has 1 aliphatic heterocycles. The van der Waals surface area contributed by atoms with Crippen LogP contribution in [0, 0.1) is 17.3 Å². The van der Waals surface area contributed by atoms with Crippen LogP contribution in [0.25, 0.3) is 0 Å². The monoisotopic (exact) mass is 282 g/mol. The molecular weight excluding hydrogens is 252 g/mol. The molecule has 0 aromatic rings. The van der Waals surface area contributed by atoms with Crippen molar-refractivity contribution in [2.75, 3.05) is 18.8 Å². The molecule has 0 spiro atoms. The zero-order valence-electron chi connectivity index (χ0n) is 12.9. The van der Waals surface area contributed by atoms with E-state index in [0.717, 1.165) is 24.9 Å². The Morgan fingerprint density at radius 1 is 1.32 bits per heavy atom. The second-order valence-electron chi connectivity index (χ2n) is 6.64. The largest absolute Gasteiger partial charge is 0.365 e. The number of hydrogen-bond donors (Lipinski definition) is 1. The highest BCUT2D eigenvalue weighted by molar-refractivity contribution is 8.13. The summed E-state index contributed by atoms with van der Waals surface area (Å²) in [5, 5.41) is 4.82. The topological polar surface area (TPSA) is 24.4 Å². The van der Waals surface area contributed by atoms with Gasteiger partial charge in [0.2, 0.25) is 0 Å². The van der Waals surface area contributed by atoms with Gasteiger partial charge in [-0.25, -0.2) is 0 Å². The van der Waals surface area contributed by atoms with E-state index in [2.05, 4.69) is 26.1 Å². The minimum Gasteiger partial charge on any atom is -0.365 e. The maximum Gasteiger partial charge on any atom is 0.156 e. The van der Waals surface area contributed by atoms with Crippen LogP contribution in [-0.2, 0) is 0 Å². The molecule has 0 aromatic carbocycles. The second-order valence-corrected chi connectivity index (χ2v) is 7.60. The van der Waals surface area contributed by atoms with Gasteiger partial charge in [0.1, 0.15) is 0 Å². The van der Waals surface area contributed by atoms with Crippen LogP contribution in [0.5, 0.6) is 0 Å². The first-order chi connectivity index (χ1) is 9.17. The average molecular weight is 282 g/mol. The summed E-state index contributed by atoms with van der Waals surface area (Å²) in [5.74, 6) is 3.04. The minimum absolute atomic E-state index is 0.467. The van der Waals surface area contributed by atoms with Crippen molar-refractivity contribution in [2.45, 2.75) is 59.3 Å². The highest BCUT2D eigenvalue weighted by Crippen LogP contribution is 2.35. The Balaban J connectivity index is 1.77. The summed E-state index contributed by atoms with van der Waals surface area (Å²) >= 11 is 1.95. The molecule has 0 bridgehead atoms. The van der Waals surface area contributed by atoms with Gasteiger partial charge < -0.3 is 5.32 Å². The third-order valence-electron chi connectivity index (χ3n) is 5.16. The third kappa shape index (κ3) is 4.14. The van der Waals surface area contributed by atoms with Crippen LogP contribution in [0.3, 0.4) is 0 Å². The predicted molar refractivity (Wildman–Crippen MR) is 86.9 cm³/mol. The Labute approximate surface area is 123 Å². The summed E-state index contributed by atoms with van der Waals surface area (Å²) in [6, 6.07) is 0. The normalized spacial score (nSPS) is 30.8. The Morgan fingerprint density at radius 3 is 2.68 bits per heavy atom. The van der Waals surface area contributed by atoms with Crippen molar-refractivity contribution in [3.05, 3.63) is 0 Å². The van der Waals surface area contributed by atoms with E-state index in [1.54, 1.807) is 0 Å². The second kappa shape index (κ2) is 7.01. The van der Waals surface area contributed by atoms with E-state index in [9.17, 15) is 0 Å². The van der Waals surface area contributed by atoms with E-state index in [1.807, 2.05) is 11.8 Å². The lowest BCUT2D eigenvalue weighted by molar-refractivity contribution is 0.282. The molecule has 110 valence electrons. The van der Waals surface area contributed by atoms with E-state index in [1.165, 1.54) is 49.4 Å². The van der Waals surface area contributed by atoms with Gasteiger partial charge in [0, 0.05) is 18.8 Å². The Bertz CT molecular complexity index is 310. The maximum absolute atomic E-state index is 4.80. The van der Waals surface area contributed by atoms with Gasteiger partial charge in [-0.15, -0.1) is 0 Å². The van der Waals surface area contributed by atoms with Gasteiger partial charge in [-0.1, -0.05) is 45.4 Å². The number of thioether (sulfide) groups is 1. The first-order valence-corrected chi connectivity index (χ1v) is 9.07. The molecule has 2 unspecified atom stereocenters. The Hall–Kier alpha value is -0.180. The summed E-state index contributed by atoms with van der Waals surface area (Å²) in [5.41, 5.74) is 0.467. The van der Waals surface area contributed by atoms with Crippen molar-refractivity contribution in [1.82, 2.24) is 5.32 Å². The van der Waals surface area contributed by atoms with Crippen LogP contribution in [0.4, 0.5) is 0 Å². The van der Waals surface area contributed by atoms with Gasteiger partial charge in [-0.05, 0) is 42.9 Å². The lowest BCUT2D eigenvalue weighted by Gasteiger charge is -2.34. The van der Waals surface area contributed by atoms with Crippen LogP contribution in [0.15, 0.2) is 4.99 Å². The molecule has 2 atom stereocenters. The van der Waals surface area contributed by atoms with E-state index < -0.39 is 0 Å². The molecular formula is C16H30N2S. The van der Waals surface area contributed by atoms with Crippen molar-refractivity contribution in [3.63, 3.8) is 0 Å². The molecule has 1 fully saturated rings. The summed E-state index contributed by atoms with van der Waals surface area (Å²) in [7, 11) is 0. The smallest absolute Gasteiger partial charge is 0.156 e. The number of amidine groups is 1. The molecule has 1 saturated carbocycles. The van der Waals surface area contributed by atoms with Crippen molar-refractivity contribution < 1.29 is 0 Å². The molecule has 2 rings (SSSR count). The number of rotatable bonds is 4. The summed E-state index contributed by atoms with van der Waals surface area (Å²) in [4.78, 5) is 4.80. The molecule has 2 aliphatic rings. The summed E-state index contributed by atoms with van der Waals surface area (Å²) in [6.45, 7) is 9.18. The van der Waals surface area contributed by atoms with E-state index in [4.69, 9.17) is 4.99 Å². The highest BCUT2D eigenvalue weighted by atomic mass is 32.2. The van der Waals surface area contributed by atoms with Gasteiger partial charge in [0.05, 0.1) is 0 Å². The Kier molecular flexibility index (Phi) is 5.61. The van der Waals surface area contributed by atoms with E-state index in [0.29, 0.717) is 5.41 Å². The molecule has 0 radical (unpaired) electrons. The van der Waals surface area contributed by atoms with Crippen LogP contribution in [-0.4, -0.2) is 24.0 Å². The van der Waals surface area contributed by atoms with Gasteiger partial charge in [-0.2, -0.15) is 0 Å². The molecule has 19 heavy (non-hydrogen) atoms. The van der Waals surface area contributed by atoms with Crippen LogP contribution >= 0.6 is 11.8 Å². The molecule has 1 heterocycles. The predicted octanol–water partition coefficient (Wildman–Crippen LogP) is 4.31. The van der Waals surface area contributed by atoms with Crippen molar-refractivity contribution in [2.24, 2.45) is 22.2 Å². The molecule has 1 aliphatic carbocycles. The zero-order valence-corrected chi connectivity index (χ0v) is 13.7. The average Bonchev–Trinajstić information content (AvgIpc) is 2.46. The van der Waals surface area contributed by atoms with Crippen molar-refractivity contribution in [3.8, 4) is 0 Å². The summed E-state index contributed by atoms with van der Waals surface area (Å²) < 4.78 is 0. The number of nitrogens with one attached hydrogen (secondary N) is 1. The van der Waals surface area contributed by atoms with Crippen molar-refractivity contribution >= 4 is 16.9 Å². The van der Waals surface area contributed by atoms with E-state index >= 15 is 0 Å². The number of hydrogen-bond acceptors (Lipinski definition) is 3. The standard InChI is InChI=1S/C16H30N2S/c1-4-16(5-2)11-18-15(19-12-16)17-10-14-8-6-7-13(3)9-14/h13-14H,4-12H2,1-3H3,(H,17,18). The molecule has 0 amide bonds. The number of aliphatic imine (C=N–C) groups is 1. The summed E-state index contributed by atoms with van der Waals surface area (Å²) in [6.07, 6.45) is 8.17. The fourth-order valence-electron chi connectivity index (χ4n) is 3.31. The molecule has 1 N–H and O–H groups in total. The first kappa shape index (κ1) is 15.2. The molecule has 3 heteroatoms. The quantitative estimate of drug-likeness (QED) is 0.831. The molecule has 0 aromatic heterocycles. The Morgan fingerprint density at radius 2 is 2.11 bits per heavy atom. The highest BCUT2D eigenvalue weighted by Gasteiger charge is 2.30.